The van der Waals surface area contributed by atoms with E-state index in [9.17, 15) is 14.4 Å². The van der Waals surface area contributed by atoms with Gasteiger partial charge in [0, 0.05) is 44.1 Å². The van der Waals surface area contributed by atoms with Gasteiger partial charge in [-0.25, -0.2) is 9.48 Å². The van der Waals surface area contributed by atoms with Gasteiger partial charge in [-0.2, -0.15) is 5.10 Å². The lowest BCUT2D eigenvalue weighted by molar-refractivity contribution is -0.130. The number of hydrogen-bond donors (Lipinski definition) is 2. The van der Waals surface area contributed by atoms with Crippen molar-refractivity contribution in [3.05, 3.63) is 76.6 Å². The highest BCUT2D eigenvalue weighted by atomic mass is 35.5. The van der Waals surface area contributed by atoms with Crippen molar-refractivity contribution in [2.24, 2.45) is 0 Å². The number of carbonyl (C=O) groups excluding carboxylic acids is 3. The first-order valence-electron chi connectivity index (χ1n) is 12.9. The maximum Gasteiger partial charge on any atom is 0.318 e. The maximum absolute atomic E-state index is 13.8. The minimum absolute atomic E-state index is 0.146. The molecule has 2 N–H and O–H groups in total. The number of amides is 4. The normalized spacial score (nSPS) is 14.9. The molecule has 1 aliphatic heterocycles. The average Bonchev–Trinajstić information content (AvgIpc) is 3.31. The molecular weight excluding hydrogens is 520 g/mol. The van der Waals surface area contributed by atoms with Crippen LogP contribution < -0.4 is 10.2 Å². The van der Waals surface area contributed by atoms with Gasteiger partial charge in [0.2, 0.25) is 5.91 Å². The van der Waals surface area contributed by atoms with Crippen molar-refractivity contribution in [3.63, 3.8) is 0 Å². The molecule has 0 saturated carbocycles. The molecule has 2 aromatic carbocycles. The van der Waals surface area contributed by atoms with Crippen LogP contribution in [0.2, 0.25) is 5.02 Å². The van der Waals surface area contributed by atoms with Crippen LogP contribution in [0.5, 0.6) is 0 Å². The number of nitrogens with one attached hydrogen (secondary N) is 1. The SMILES string of the molecule is CCN(CCO)C(=O)CNC(=O)N1Cc2ccccc2N(C(=O)c2ccc(-n3ccc(C)n3)cc2Cl)CC1C. The van der Waals surface area contributed by atoms with Crippen LogP contribution in [-0.4, -0.2) is 81.4 Å². The first-order chi connectivity index (χ1) is 18.7. The van der Waals surface area contributed by atoms with Crippen LogP contribution in [0.15, 0.2) is 54.7 Å². The van der Waals surface area contributed by atoms with Crippen molar-refractivity contribution in [1.82, 2.24) is 24.9 Å². The molecule has 0 aliphatic carbocycles. The number of aliphatic hydroxyl groups is 1. The molecule has 4 amide bonds. The molecule has 1 aromatic heterocycles. The molecule has 39 heavy (non-hydrogen) atoms. The highest BCUT2D eigenvalue weighted by Gasteiger charge is 2.32. The number of nitrogens with zero attached hydrogens (tertiary/aromatic N) is 5. The Balaban J connectivity index is 1.55. The van der Waals surface area contributed by atoms with Crippen molar-refractivity contribution in [1.29, 1.82) is 0 Å². The number of para-hydroxylation sites is 1. The summed E-state index contributed by atoms with van der Waals surface area (Å²) < 4.78 is 1.70. The fraction of sp³-hybridized carbons (Fsp3) is 0.357. The quantitative estimate of drug-likeness (QED) is 0.467. The molecule has 206 valence electrons. The summed E-state index contributed by atoms with van der Waals surface area (Å²) >= 11 is 6.60. The molecule has 1 aliphatic rings. The Morgan fingerprint density at radius 3 is 2.62 bits per heavy atom. The van der Waals surface area contributed by atoms with Crippen LogP contribution in [0.25, 0.3) is 5.69 Å². The molecule has 0 saturated heterocycles. The molecule has 1 atom stereocenters. The van der Waals surface area contributed by atoms with Gasteiger partial charge >= 0.3 is 6.03 Å². The Morgan fingerprint density at radius 1 is 1.18 bits per heavy atom. The number of benzene rings is 2. The zero-order chi connectivity index (χ0) is 28.1. The molecule has 1 unspecified atom stereocenters. The Kier molecular flexibility index (Phi) is 8.88. The van der Waals surface area contributed by atoms with Crippen molar-refractivity contribution >= 4 is 35.1 Å². The smallest absolute Gasteiger partial charge is 0.318 e. The summed E-state index contributed by atoms with van der Waals surface area (Å²) in [5.41, 5.74) is 3.45. The van der Waals surface area contributed by atoms with Gasteiger partial charge in [-0.1, -0.05) is 29.8 Å². The Labute approximate surface area is 232 Å². The number of rotatable bonds is 7. The predicted molar refractivity (Wildman–Crippen MR) is 149 cm³/mol. The van der Waals surface area contributed by atoms with E-state index in [4.69, 9.17) is 16.7 Å². The summed E-state index contributed by atoms with van der Waals surface area (Å²) in [7, 11) is 0. The van der Waals surface area contributed by atoms with E-state index >= 15 is 0 Å². The molecule has 2 heterocycles. The summed E-state index contributed by atoms with van der Waals surface area (Å²) in [4.78, 5) is 44.2. The van der Waals surface area contributed by atoms with E-state index < -0.39 is 6.03 Å². The third-order valence-electron chi connectivity index (χ3n) is 6.77. The summed E-state index contributed by atoms with van der Waals surface area (Å²) in [6, 6.07) is 13.8. The number of anilines is 1. The number of carbonyl (C=O) groups is 3. The Bertz CT molecular complexity index is 1360. The number of hydrogen-bond acceptors (Lipinski definition) is 5. The van der Waals surface area contributed by atoms with Crippen LogP contribution in [0.4, 0.5) is 10.5 Å². The van der Waals surface area contributed by atoms with Gasteiger partial charge in [0.05, 0.1) is 35.1 Å². The van der Waals surface area contributed by atoms with Crippen molar-refractivity contribution in [3.8, 4) is 5.69 Å². The summed E-state index contributed by atoms with van der Waals surface area (Å²) in [5.74, 6) is -0.550. The molecule has 0 spiro atoms. The lowest BCUT2D eigenvalue weighted by atomic mass is 10.1. The van der Waals surface area contributed by atoms with Crippen molar-refractivity contribution in [2.45, 2.75) is 33.4 Å². The van der Waals surface area contributed by atoms with E-state index in [1.165, 1.54) is 4.90 Å². The third-order valence-corrected chi connectivity index (χ3v) is 7.09. The first kappa shape index (κ1) is 28.1. The lowest BCUT2D eigenvalue weighted by Gasteiger charge is -2.30. The van der Waals surface area contributed by atoms with E-state index in [1.807, 2.05) is 57.3 Å². The van der Waals surface area contributed by atoms with E-state index in [1.54, 1.807) is 32.7 Å². The second-order valence-corrected chi connectivity index (χ2v) is 9.85. The predicted octanol–water partition coefficient (Wildman–Crippen LogP) is 3.24. The number of urea groups is 1. The van der Waals surface area contributed by atoms with Crippen LogP contribution in [0.3, 0.4) is 0 Å². The maximum atomic E-state index is 13.8. The molecule has 11 heteroatoms. The topological polar surface area (TPSA) is 111 Å². The second-order valence-electron chi connectivity index (χ2n) is 9.44. The van der Waals surface area contributed by atoms with Crippen LogP contribution in [0.1, 0.15) is 35.5 Å². The molecule has 4 rings (SSSR count). The number of likely N-dealkylation sites (N-methyl/N-ethyl adjacent to an activating group) is 1. The van der Waals surface area contributed by atoms with Gasteiger partial charge in [-0.05, 0) is 56.7 Å². The minimum Gasteiger partial charge on any atom is -0.395 e. The van der Waals surface area contributed by atoms with Crippen molar-refractivity contribution < 1.29 is 19.5 Å². The average molecular weight is 553 g/mol. The lowest BCUT2D eigenvalue weighted by Crippen LogP contribution is -2.50. The van der Waals surface area contributed by atoms with Gasteiger partial charge in [-0.15, -0.1) is 0 Å². The molecule has 3 aromatic rings. The van der Waals surface area contributed by atoms with E-state index in [0.717, 1.165) is 16.9 Å². The monoisotopic (exact) mass is 552 g/mol. The Morgan fingerprint density at radius 2 is 1.95 bits per heavy atom. The molecule has 0 radical (unpaired) electrons. The minimum atomic E-state index is -0.406. The first-order valence-corrected chi connectivity index (χ1v) is 13.3. The largest absolute Gasteiger partial charge is 0.395 e. The zero-order valence-electron chi connectivity index (χ0n) is 22.3. The number of aryl methyl sites for hydroxylation is 1. The molecule has 0 bridgehead atoms. The highest BCUT2D eigenvalue weighted by molar-refractivity contribution is 6.34. The Hall–Kier alpha value is -3.89. The van der Waals surface area contributed by atoms with Crippen molar-refractivity contribution in [2.75, 3.05) is 37.7 Å². The summed E-state index contributed by atoms with van der Waals surface area (Å²) in [6.45, 7) is 6.39. The number of aliphatic hydroxyl groups excluding tert-OH is 1. The second kappa shape index (κ2) is 12.3. The number of halogens is 1. The number of fused-ring (bicyclic) bond motifs is 1. The number of aromatic nitrogens is 2. The van der Waals surface area contributed by atoms with Gasteiger partial charge in [0.25, 0.3) is 5.91 Å². The summed E-state index contributed by atoms with van der Waals surface area (Å²) in [5, 5.41) is 16.6. The van der Waals surface area contributed by atoms with E-state index in [2.05, 4.69) is 10.4 Å². The standard InChI is InChI=1S/C28H33ClN6O4/c1-4-32(13-14-36)26(37)16-30-28(39)33-18-21-7-5-6-8-25(21)34(17-20(33)3)27(38)23-10-9-22(15-24(23)29)35-12-11-19(2)31-35/h5-12,15,20,36H,4,13-14,16-18H2,1-3H3,(H,30,39). The molecule has 10 nitrogen and oxygen atoms in total. The molecule has 0 fully saturated rings. The molecular formula is C28H33ClN6O4. The van der Waals surface area contributed by atoms with E-state index in [-0.39, 0.29) is 50.6 Å². The fourth-order valence-electron chi connectivity index (χ4n) is 4.64. The van der Waals surface area contributed by atoms with Crippen LogP contribution >= 0.6 is 11.6 Å². The van der Waals surface area contributed by atoms with E-state index in [0.29, 0.717) is 22.8 Å². The van der Waals surface area contributed by atoms with Gasteiger partial charge in [0.1, 0.15) is 0 Å². The van der Waals surface area contributed by atoms with Crippen LogP contribution in [-0.2, 0) is 11.3 Å². The fourth-order valence-corrected chi connectivity index (χ4v) is 4.90. The summed E-state index contributed by atoms with van der Waals surface area (Å²) in [6.07, 6.45) is 1.83. The van der Waals surface area contributed by atoms with Gasteiger partial charge in [-0.3, -0.25) is 9.59 Å². The van der Waals surface area contributed by atoms with Gasteiger partial charge in [0.15, 0.2) is 0 Å². The zero-order valence-corrected chi connectivity index (χ0v) is 23.1. The third kappa shape index (κ3) is 6.23. The van der Waals surface area contributed by atoms with Gasteiger partial charge < -0.3 is 25.1 Å². The van der Waals surface area contributed by atoms with Crippen LogP contribution in [0, 0.1) is 6.92 Å². The highest BCUT2D eigenvalue weighted by Crippen LogP contribution is 2.30.